The molecule has 0 bridgehead atoms. The van der Waals surface area contributed by atoms with Crippen molar-refractivity contribution in [1.82, 2.24) is 14.9 Å². The summed E-state index contributed by atoms with van der Waals surface area (Å²) in [4.78, 5) is 43.5. The zero-order valence-corrected chi connectivity index (χ0v) is 25.0. The maximum atomic E-state index is 15.1. The lowest BCUT2D eigenvalue weighted by Gasteiger charge is -2.38. The van der Waals surface area contributed by atoms with Crippen molar-refractivity contribution in [3.63, 3.8) is 0 Å². The number of hydrogen-bond acceptors (Lipinski definition) is 7. The van der Waals surface area contributed by atoms with Crippen LogP contribution >= 0.6 is 0 Å². The SMILES string of the molecule is Cc1nc(-c2ccc(C[C@H](NC(=O)c3c(F)cc(N4CCOC[C@@H]4C(F)(F)F)cc3F)C(=O)O)c3c2CC(O)C3)c(=O)n(C)c1C. The maximum Gasteiger partial charge on any atom is 0.411 e. The molecule has 3 atom stereocenters. The summed E-state index contributed by atoms with van der Waals surface area (Å²) in [6.45, 7) is 2.35. The molecule has 246 valence electrons. The number of nitrogens with one attached hydrogen (secondary N) is 1. The first kappa shape index (κ1) is 33.0. The van der Waals surface area contributed by atoms with Crippen molar-refractivity contribution in [2.45, 2.75) is 57.5 Å². The summed E-state index contributed by atoms with van der Waals surface area (Å²) >= 11 is 0. The van der Waals surface area contributed by atoms with Crippen molar-refractivity contribution in [2.24, 2.45) is 7.05 Å². The molecule has 0 radical (unpaired) electrons. The second-order valence-electron chi connectivity index (χ2n) is 11.5. The van der Waals surface area contributed by atoms with E-state index in [0.29, 0.717) is 45.8 Å². The number of rotatable bonds is 7. The standard InChI is InChI=1S/C31H31F5N4O6/c1-14-15(2)39(3)29(43)27(37-14)19-5-4-16(20-11-18(41)12-21(19)20)8-24(30(44)45)38-28(42)26-22(32)9-17(10-23(26)33)40-6-7-46-13-25(40)31(34,35)36/h4-5,9-10,18,24-25,41H,6-8,11-13H2,1-3H3,(H,38,42)(H,44,45)/t18?,24-,25+/m0/s1. The minimum atomic E-state index is -4.75. The number of carboxylic acid groups (broad SMARTS) is 1. The molecule has 2 aliphatic rings. The van der Waals surface area contributed by atoms with Crippen LogP contribution < -0.4 is 15.8 Å². The van der Waals surface area contributed by atoms with Gasteiger partial charge in [-0.3, -0.25) is 9.59 Å². The number of ether oxygens (including phenoxy) is 1. The predicted molar refractivity (Wildman–Crippen MR) is 155 cm³/mol. The van der Waals surface area contributed by atoms with Gasteiger partial charge in [-0.2, -0.15) is 13.2 Å². The highest BCUT2D eigenvalue weighted by Crippen LogP contribution is 2.35. The van der Waals surface area contributed by atoms with Gasteiger partial charge in [-0.25, -0.2) is 18.6 Å². The van der Waals surface area contributed by atoms with Gasteiger partial charge in [0.1, 0.15) is 35.0 Å². The van der Waals surface area contributed by atoms with Crippen LogP contribution in [-0.4, -0.2) is 75.8 Å². The normalized spacial score (nSPS) is 18.8. The smallest absolute Gasteiger partial charge is 0.411 e. The minimum absolute atomic E-state index is 0.113. The number of anilines is 1. The molecule has 15 heteroatoms. The van der Waals surface area contributed by atoms with Gasteiger partial charge in [-0.05, 0) is 55.5 Å². The lowest BCUT2D eigenvalue weighted by Crippen LogP contribution is -2.53. The number of fused-ring (bicyclic) bond motifs is 1. The Morgan fingerprint density at radius 3 is 2.41 bits per heavy atom. The summed E-state index contributed by atoms with van der Waals surface area (Å²) in [7, 11) is 1.61. The third-order valence-corrected chi connectivity index (χ3v) is 8.60. The Hall–Kier alpha value is -4.37. The molecule has 3 N–H and O–H groups in total. The van der Waals surface area contributed by atoms with Gasteiger partial charge in [0.25, 0.3) is 11.5 Å². The number of aliphatic hydroxyl groups is 1. The van der Waals surface area contributed by atoms with Crippen LogP contribution in [0.2, 0.25) is 0 Å². The number of halogens is 5. The van der Waals surface area contributed by atoms with Crippen molar-refractivity contribution in [3.05, 3.63) is 79.9 Å². The van der Waals surface area contributed by atoms with E-state index < -0.39 is 65.7 Å². The van der Waals surface area contributed by atoms with Crippen molar-refractivity contribution >= 4 is 17.6 Å². The number of aromatic nitrogens is 2. The molecule has 1 aliphatic heterocycles. The number of morpholine rings is 1. The Kier molecular flexibility index (Phi) is 8.92. The van der Waals surface area contributed by atoms with Gasteiger partial charge in [0, 0.05) is 37.0 Å². The maximum absolute atomic E-state index is 15.1. The van der Waals surface area contributed by atoms with Crippen molar-refractivity contribution in [1.29, 1.82) is 0 Å². The van der Waals surface area contributed by atoms with Gasteiger partial charge in [-0.15, -0.1) is 0 Å². The van der Waals surface area contributed by atoms with E-state index in [4.69, 9.17) is 4.74 Å². The Bertz CT molecular complexity index is 1750. The molecule has 1 fully saturated rings. The zero-order valence-electron chi connectivity index (χ0n) is 25.0. The van der Waals surface area contributed by atoms with Crippen molar-refractivity contribution < 1.29 is 46.5 Å². The summed E-state index contributed by atoms with van der Waals surface area (Å²) in [5.74, 6) is -5.88. The second kappa shape index (κ2) is 12.4. The molecule has 1 amide bonds. The average Bonchev–Trinajstić information content (AvgIpc) is 3.38. The molecular weight excluding hydrogens is 619 g/mol. The van der Waals surface area contributed by atoms with Crippen molar-refractivity contribution in [3.8, 4) is 11.3 Å². The summed E-state index contributed by atoms with van der Waals surface area (Å²) in [5, 5.41) is 22.5. The van der Waals surface area contributed by atoms with E-state index in [9.17, 15) is 37.8 Å². The van der Waals surface area contributed by atoms with Crippen LogP contribution in [0.3, 0.4) is 0 Å². The molecule has 1 unspecified atom stereocenters. The summed E-state index contributed by atoms with van der Waals surface area (Å²) in [6.07, 6.45) is -5.61. The lowest BCUT2D eigenvalue weighted by molar-refractivity contribution is -0.167. The second-order valence-corrected chi connectivity index (χ2v) is 11.5. The molecule has 5 rings (SSSR count). The Morgan fingerprint density at radius 1 is 1.13 bits per heavy atom. The van der Waals surface area contributed by atoms with E-state index in [1.807, 2.05) is 0 Å². The van der Waals surface area contributed by atoms with E-state index in [2.05, 4.69) is 10.3 Å². The number of carboxylic acids is 1. The number of carbonyl (C=O) groups is 2. The molecule has 10 nitrogen and oxygen atoms in total. The van der Waals surface area contributed by atoms with Crippen LogP contribution in [-0.2, 0) is 35.8 Å². The molecule has 2 aromatic carbocycles. The van der Waals surface area contributed by atoms with E-state index >= 15 is 8.78 Å². The first-order valence-corrected chi connectivity index (χ1v) is 14.4. The van der Waals surface area contributed by atoms with Crippen LogP contribution in [0.1, 0.15) is 38.4 Å². The molecule has 2 heterocycles. The third kappa shape index (κ3) is 6.20. The molecule has 1 aromatic heterocycles. The molecule has 3 aromatic rings. The van der Waals surface area contributed by atoms with Crippen LogP contribution in [0.25, 0.3) is 11.3 Å². The lowest BCUT2D eigenvalue weighted by atomic mass is 9.92. The number of aryl methyl sites for hydroxylation is 1. The third-order valence-electron chi connectivity index (χ3n) is 8.60. The van der Waals surface area contributed by atoms with E-state index in [1.54, 1.807) is 33.0 Å². The van der Waals surface area contributed by atoms with Crippen LogP contribution in [0, 0.1) is 25.5 Å². The fourth-order valence-electron chi connectivity index (χ4n) is 5.99. The molecule has 0 saturated carbocycles. The van der Waals surface area contributed by atoms with E-state index in [-0.39, 0.29) is 43.7 Å². The summed E-state index contributed by atoms with van der Waals surface area (Å²) in [5.41, 5.74) is 1.58. The molecule has 46 heavy (non-hydrogen) atoms. The number of nitrogens with zero attached hydrogens (tertiary/aromatic N) is 3. The number of hydrogen-bond donors (Lipinski definition) is 3. The number of carbonyl (C=O) groups excluding carboxylic acids is 1. The van der Waals surface area contributed by atoms with Crippen LogP contribution in [0.4, 0.5) is 27.6 Å². The van der Waals surface area contributed by atoms with Crippen LogP contribution in [0.5, 0.6) is 0 Å². The number of amides is 1. The molecule has 1 aliphatic carbocycles. The molecule has 0 spiro atoms. The molecular formula is C31H31F5N4O6. The van der Waals surface area contributed by atoms with E-state index in [0.717, 1.165) is 4.90 Å². The van der Waals surface area contributed by atoms with E-state index in [1.165, 1.54) is 4.57 Å². The predicted octanol–water partition coefficient (Wildman–Crippen LogP) is 3.00. The van der Waals surface area contributed by atoms with Crippen LogP contribution in [0.15, 0.2) is 29.1 Å². The number of alkyl halides is 3. The number of aliphatic hydroxyl groups excluding tert-OH is 1. The summed E-state index contributed by atoms with van der Waals surface area (Å²) in [6, 6.07) is 0.492. The highest BCUT2D eigenvalue weighted by molar-refractivity contribution is 5.97. The average molecular weight is 651 g/mol. The first-order chi connectivity index (χ1) is 21.6. The Labute approximate surface area is 259 Å². The Balaban J connectivity index is 1.43. The molecule has 1 saturated heterocycles. The minimum Gasteiger partial charge on any atom is -0.480 e. The first-order valence-electron chi connectivity index (χ1n) is 14.4. The van der Waals surface area contributed by atoms with Gasteiger partial charge in [0.15, 0.2) is 0 Å². The van der Waals surface area contributed by atoms with Gasteiger partial charge in [-0.1, -0.05) is 12.1 Å². The number of aliphatic carboxylic acids is 1. The van der Waals surface area contributed by atoms with Gasteiger partial charge >= 0.3 is 12.1 Å². The zero-order chi connectivity index (χ0) is 33.7. The van der Waals surface area contributed by atoms with Gasteiger partial charge < -0.3 is 29.7 Å². The number of benzene rings is 2. The quantitative estimate of drug-likeness (QED) is 0.333. The monoisotopic (exact) mass is 650 g/mol. The largest absolute Gasteiger partial charge is 0.480 e. The van der Waals surface area contributed by atoms with Gasteiger partial charge in [0.05, 0.1) is 25.0 Å². The fraction of sp³-hybridized carbons (Fsp3) is 0.419. The Morgan fingerprint density at radius 2 is 1.78 bits per heavy atom. The highest BCUT2D eigenvalue weighted by Gasteiger charge is 2.46. The highest BCUT2D eigenvalue weighted by atomic mass is 19.4. The summed E-state index contributed by atoms with van der Waals surface area (Å²) < 4.78 is 77.1. The topological polar surface area (TPSA) is 134 Å². The van der Waals surface area contributed by atoms with Gasteiger partial charge in [0.2, 0.25) is 0 Å². The van der Waals surface area contributed by atoms with Crippen molar-refractivity contribution in [2.75, 3.05) is 24.7 Å². The fourth-order valence-corrected chi connectivity index (χ4v) is 5.99.